The van der Waals surface area contributed by atoms with Crippen molar-refractivity contribution in [1.82, 2.24) is 10.2 Å². The van der Waals surface area contributed by atoms with Crippen LogP contribution in [-0.4, -0.2) is 37.9 Å². The summed E-state index contributed by atoms with van der Waals surface area (Å²) in [5, 5.41) is 14.0. The molecule has 6 heteroatoms. The highest BCUT2D eigenvalue weighted by atomic mass is 32.2. The van der Waals surface area contributed by atoms with Gasteiger partial charge in [-0.1, -0.05) is 36.4 Å². The first-order valence-corrected chi connectivity index (χ1v) is 10.1. The predicted molar refractivity (Wildman–Crippen MR) is 107 cm³/mol. The summed E-state index contributed by atoms with van der Waals surface area (Å²) in [6, 6.07) is 15.1. The highest BCUT2D eigenvalue weighted by molar-refractivity contribution is 7.79. The van der Waals surface area contributed by atoms with Gasteiger partial charge in [-0.15, -0.1) is 0 Å². The van der Waals surface area contributed by atoms with Gasteiger partial charge in [-0.3, -0.25) is 4.21 Å². The highest BCUT2D eigenvalue weighted by Gasteiger charge is 2.23. The molecule has 3 rings (SSSR count). The van der Waals surface area contributed by atoms with Gasteiger partial charge in [0.15, 0.2) is 0 Å². The molecule has 2 N–H and O–H groups in total. The molecular weight excluding hydrogens is 360 g/mol. The minimum absolute atomic E-state index is 0.231. The van der Waals surface area contributed by atoms with Crippen LogP contribution >= 0.6 is 0 Å². The Bertz CT molecular complexity index is 837. The van der Waals surface area contributed by atoms with E-state index in [9.17, 15) is 13.9 Å². The van der Waals surface area contributed by atoms with Gasteiger partial charge in [0.25, 0.3) is 0 Å². The molecule has 0 bridgehead atoms. The quantitative estimate of drug-likeness (QED) is 0.717. The number of benzene rings is 2. The summed E-state index contributed by atoms with van der Waals surface area (Å²) in [7, 11) is 0. The lowest BCUT2D eigenvalue weighted by Crippen LogP contribution is -2.42. The number of hydrogen-bond acceptors (Lipinski definition) is 5. The lowest BCUT2D eigenvalue weighted by atomic mass is 9.96. The van der Waals surface area contributed by atoms with Gasteiger partial charge in [0, 0.05) is 36.8 Å². The molecule has 1 aliphatic heterocycles. The maximum atomic E-state index is 11.1. The van der Waals surface area contributed by atoms with E-state index in [4.69, 9.17) is 0 Å². The maximum absolute atomic E-state index is 11.1. The molecule has 0 amide bonds. The third-order valence-electron chi connectivity index (χ3n) is 4.98. The van der Waals surface area contributed by atoms with Crippen molar-refractivity contribution in [3.05, 3.63) is 71.4 Å². The van der Waals surface area contributed by atoms with Crippen LogP contribution in [0.1, 0.15) is 30.5 Å². The van der Waals surface area contributed by atoms with Gasteiger partial charge < -0.3 is 19.9 Å². The fourth-order valence-electron chi connectivity index (χ4n) is 3.25. The summed E-state index contributed by atoms with van der Waals surface area (Å²) in [4.78, 5) is 2.52. The molecule has 0 fully saturated rings. The van der Waals surface area contributed by atoms with E-state index in [1.165, 1.54) is 0 Å². The van der Waals surface area contributed by atoms with Crippen molar-refractivity contribution in [1.29, 1.82) is 0 Å². The van der Waals surface area contributed by atoms with Crippen LogP contribution in [-0.2, 0) is 23.2 Å². The van der Waals surface area contributed by atoms with Gasteiger partial charge in [0.2, 0.25) is 0 Å². The summed E-state index contributed by atoms with van der Waals surface area (Å²) < 4.78 is 22.2. The Labute approximate surface area is 163 Å². The summed E-state index contributed by atoms with van der Waals surface area (Å²) in [6.07, 6.45) is 3.95. The Kier molecular flexibility index (Phi) is 6.11. The Morgan fingerprint density at radius 2 is 2.04 bits per heavy atom. The molecule has 0 aromatic heterocycles. The van der Waals surface area contributed by atoms with Crippen molar-refractivity contribution in [3.8, 4) is 0 Å². The Hall–Kier alpha value is -1.99. The van der Waals surface area contributed by atoms with Crippen molar-refractivity contribution >= 4 is 17.2 Å². The molecule has 27 heavy (non-hydrogen) atoms. The van der Waals surface area contributed by atoms with Crippen LogP contribution in [0.4, 0.5) is 0 Å². The number of nitrogens with one attached hydrogen (secondary N) is 1. The zero-order valence-corrected chi connectivity index (χ0v) is 16.4. The maximum Gasteiger partial charge on any atom is 0.0992 e. The van der Waals surface area contributed by atoms with Crippen molar-refractivity contribution in [2.45, 2.75) is 36.9 Å². The zero-order chi connectivity index (χ0) is 19.4. The molecule has 144 valence electrons. The Balaban J connectivity index is 1.56. The van der Waals surface area contributed by atoms with Crippen molar-refractivity contribution < 1.29 is 13.9 Å². The van der Waals surface area contributed by atoms with Crippen LogP contribution in [0.25, 0.3) is 6.08 Å². The molecule has 1 unspecified atom stereocenters. The van der Waals surface area contributed by atoms with Gasteiger partial charge in [-0.05, 0) is 59.8 Å². The number of fused-ring (bicyclic) bond motifs is 1. The first kappa shape index (κ1) is 19.8. The second-order valence-electron chi connectivity index (χ2n) is 7.20. The average Bonchev–Trinajstić information content (AvgIpc) is 2.67. The Morgan fingerprint density at radius 1 is 1.30 bits per heavy atom. The molecule has 3 atom stereocenters. The zero-order valence-electron chi connectivity index (χ0n) is 15.6. The molecule has 1 heterocycles. The summed E-state index contributed by atoms with van der Waals surface area (Å²) in [5.74, 6) is 0. The number of hydrogen-bond donors (Lipinski definition) is 2. The standard InChI is InChI=1S/C21H26N2O3S/c1-16(13-22-15-21(2,24)19-6-4-3-5-7-19)23-11-10-17-12-20(27(25)26)9-8-18(17)14-23/h3-12,16,22,24H,13-15H2,1-2H3,(H,25,26)/p-1/t16-,21-/m1/s1. The topological polar surface area (TPSA) is 75.6 Å². The molecule has 0 saturated heterocycles. The summed E-state index contributed by atoms with van der Waals surface area (Å²) in [6.45, 7) is 5.87. The van der Waals surface area contributed by atoms with Gasteiger partial charge >= 0.3 is 0 Å². The smallest absolute Gasteiger partial charge is 0.0992 e. The fourth-order valence-corrected chi connectivity index (χ4v) is 3.65. The summed E-state index contributed by atoms with van der Waals surface area (Å²) >= 11 is -2.20. The highest BCUT2D eigenvalue weighted by Crippen LogP contribution is 2.24. The first-order valence-electron chi connectivity index (χ1n) is 9.01. The molecule has 0 radical (unpaired) electrons. The second kappa shape index (κ2) is 8.35. The predicted octanol–water partition coefficient (Wildman–Crippen LogP) is 2.60. The molecule has 1 aliphatic rings. The van der Waals surface area contributed by atoms with E-state index in [0.717, 1.165) is 29.8 Å². The van der Waals surface area contributed by atoms with E-state index in [-0.39, 0.29) is 6.04 Å². The van der Waals surface area contributed by atoms with Gasteiger partial charge in [-0.25, -0.2) is 0 Å². The van der Waals surface area contributed by atoms with Crippen LogP contribution in [0, 0.1) is 0 Å². The lowest BCUT2D eigenvalue weighted by molar-refractivity contribution is 0.0554. The van der Waals surface area contributed by atoms with E-state index >= 15 is 0 Å². The molecule has 0 spiro atoms. The third-order valence-corrected chi connectivity index (χ3v) is 5.62. The van der Waals surface area contributed by atoms with Crippen LogP contribution in [0.15, 0.2) is 59.6 Å². The SMILES string of the molecule is C[C@H](CNC[C@@](C)(O)c1ccccc1)N1C=Cc2cc(S(=O)[O-])ccc2C1. The molecule has 0 aliphatic carbocycles. The molecule has 2 aromatic rings. The minimum atomic E-state index is -2.20. The molecule has 0 saturated carbocycles. The van der Waals surface area contributed by atoms with E-state index in [1.807, 2.05) is 55.6 Å². The third kappa shape index (κ3) is 4.84. The number of nitrogens with zero attached hydrogens (tertiary/aromatic N) is 1. The van der Waals surface area contributed by atoms with Crippen molar-refractivity contribution in [2.75, 3.05) is 13.1 Å². The van der Waals surface area contributed by atoms with Crippen molar-refractivity contribution in [3.63, 3.8) is 0 Å². The van der Waals surface area contributed by atoms with Gasteiger partial charge in [0.1, 0.15) is 0 Å². The monoisotopic (exact) mass is 385 g/mol. The fraction of sp³-hybridized carbons (Fsp3) is 0.333. The molecule has 5 nitrogen and oxygen atoms in total. The average molecular weight is 386 g/mol. The van der Waals surface area contributed by atoms with Crippen molar-refractivity contribution in [2.24, 2.45) is 0 Å². The molecular formula is C21H25N2O3S-. The lowest BCUT2D eigenvalue weighted by Gasteiger charge is -2.33. The molecule has 2 aromatic carbocycles. The van der Waals surface area contributed by atoms with E-state index in [2.05, 4.69) is 17.1 Å². The van der Waals surface area contributed by atoms with Gasteiger partial charge in [0.05, 0.1) is 5.60 Å². The van der Waals surface area contributed by atoms with E-state index < -0.39 is 16.7 Å². The second-order valence-corrected chi connectivity index (χ2v) is 8.14. The Morgan fingerprint density at radius 3 is 2.74 bits per heavy atom. The minimum Gasteiger partial charge on any atom is -0.768 e. The van der Waals surface area contributed by atoms with Crippen LogP contribution < -0.4 is 5.32 Å². The number of aliphatic hydroxyl groups is 1. The number of rotatable bonds is 7. The normalized spacial score (nSPS) is 17.9. The summed E-state index contributed by atoms with van der Waals surface area (Å²) in [5.41, 5.74) is 2.02. The van der Waals surface area contributed by atoms with Crippen LogP contribution in [0.3, 0.4) is 0 Å². The van der Waals surface area contributed by atoms with Crippen LogP contribution in [0.5, 0.6) is 0 Å². The van der Waals surface area contributed by atoms with E-state index in [0.29, 0.717) is 11.4 Å². The van der Waals surface area contributed by atoms with Gasteiger partial charge in [-0.2, -0.15) is 0 Å². The van der Waals surface area contributed by atoms with Crippen LogP contribution in [0.2, 0.25) is 0 Å². The first-order chi connectivity index (χ1) is 12.9. The largest absolute Gasteiger partial charge is 0.768 e. The van der Waals surface area contributed by atoms with E-state index in [1.54, 1.807) is 12.1 Å².